The smallest absolute Gasteiger partial charge is 0.213 e. The molecule has 1 unspecified atom stereocenters. The van der Waals surface area contributed by atoms with E-state index in [1.807, 2.05) is 6.92 Å². The third-order valence-electron chi connectivity index (χ3n) is 2.68. The van der Waals surface area contributed by atoms with Gasteiger partial charge in [-0.1, -0.05) is 0 Å². The Morgan fingerprint density at radius 2 is 2.07 bits per heavy atom. The number of nitrogens with one attached hydrogen (secondary N) is 1. The molecule has 1 atom stereocenters. The number of halogens is 1. The average Bonchev–Trinajstić information content (AvgIpc) is 2.18. The molecule has 1 saturated heterocycles. The van der Waals surface area contributed by atoms with Gasteiger partial charge in [-0.15, -0.1) is 11.6 Å². The molecule has 6 heteroatoms. The molecule has 0 saturated carbocycles. The maximum Gasteiger partial charge on any atom is 0.213 e. The van der Waals surface area contributed by atoms with Crippen LogP contribution >= 0.6 is 11.6 Å². The zero-order valence-corrected chi connectivity index (χ0v) is 10.5. The van der Waals surface area contributed by atoms with Gasteiger partial charge in [0.05, 0.1) is 5.75 Å². The van der Waals surface area contributed by atoms with Crippen LogP contribution in [0.15, 0.2) is 0 Å². The van der Waals surface area contributed by atoms with Crippen molar-refractivity contribution in [3.05, 3.63) is 0 Å². The third kappa shape index (κ3) is 4.68. The molecule has 0 aliphatic carbocycles. The lowest BCUT2D eigenvalue weighted by molar-refractivity contribution is 0.0586. The molecule has 0 aromatic heterocycles. The predicted molar refractivity (Wildman–Crippen MR) is 60.6 cm³/mol. The zero-order valence-electron chi connectivity index (χ0n) is 8.91. The Labute approximate surface area is 96.4 Å². The lowest BCUT2D eigenvalue weighted by Crippen LogP contribution is -2.41. The summed E-state index contributed by atoms with van der Waals surface area (Å²) in [6.45, 7) is 3.36. The van der Waals surface area contributed by atoms with E-state index in [1.165, 1.54) is 0 Å². The van der Waals surface area contributed by atoms with Gasteiger partial charge in [0.25, 0.3) is 0 Å². The molecular formula is C9H18ClNO3S. The van der Waals surface area contributed by atoms with Gasteiger partial charge in [-0.25, -0.2) is 13.1 Å². The quantitative estimate of drug-likeness (QED) is 0.745. The zero-order chi connectivity index (χ0) is 11.3. The Balaban J connectivity index is 2.43. The molecule has 1 fully saturated rings. The van der Waals surface area contributed by atoms with Crippen molar-refractivity contribution in [3.8, 4) is 0 Å². The van der Waals surface area contributed by atoms with Crippen LogP contribution in [0.5, 0.6) is 0 Å². The summed E-state index contributed by atoms with van der Waals surface area (Å²) in [4.78, 5) is 0. The number of sulfonamides is 1. The van der Waals surface area contributed by atoms with Crippen molar-refractivity contribution >= 4 is 21.6 Å². The minimum atomic E-state index is -3.20. The summed E-state index contributed by atoms with van der Waals surface area (Å²) in [5.74, 6) is 0.502. The Hall–Kier alpha value is 0.160. The fourth-order valence-corrected chi connectivity index (χ4v) is 3.45. The van der Waals surface area contributed by atoms with Crippen molar-refractivity contribution < 1.29 is 13.2 Å². The molecule has 0 radical (unpaired) electrons. The van der Waals surface area contributed by atoms with Gasteiger partial charge in [-0.05, 0) is 25.7 Å². The minimum absolute atomic E-state index is 0.0118. The number of hydrogen-bond acceptors (Lipinski definition) is 3. The van der Waals surface area contributed by atoms with Gasteiger partial charge in [-0.2, -0.15) is 0 Å². The van der Waals surface area contributed by atoms with E-state index in [9.17, 15) is 8.42 Å². The molecule has 1 heterocycles. The maximum absolute atomic E-state index is 11.5. The molecule has 0 amide bonds. The molecular weight excluding hydrogens is 238 g/mol. The van der Waals surface area contributed by atoms with E-state index in [2.05, 4.69) is 4.72 Å². The third-order valence-corrected chi connectivity index (χ3v) is 4.57. The summed E-state index contributed by atoms with van der Waals surface area (Å²) in [6.07, 6.45) is 1.84. The Kier molecular flexibility index (Phi) is 5.32. The topological polar surface area (TPSA) is 55.4 Å². The summed E-state index contributed by atoms with van der Waals surface area (Å²) in [6, 6.07) is -0.0258. The summed E-state index contributed by atoms with van der Waals surface area (Å²) in [5.41, 5.74) is 0. The van der Waals surface area contributed by atoms with Crippen molar-refractivity contribution in [3.63, 3.8) is 0 Å². The Morgan fingerprint density at radius 1 is 1.47 bits per heavy atom. The highest BCUT2D eigenvalue weighted by Gasteiger charge is 2.23. The van der Waals surface area contributed by atoms with E-state index < -0.39 is 10.0 Å². The van der Waals surface area contributed by atoms with Crippen molar-refractivity contribution in [2.24, 2.45) is 5.92 Å². The summed E-state index contributed by atoms with van der Waals surface area (Å²) in [7, 11) is -3.20. The van der Waals surface area contributed by atoms with Crippen LogP contribution in [0, 0.1) is 5.92 Å². The monoisotopic (exact) mass is 255 g/mol. The van der Waals surface area contributed by atoms with Crippen molar-refractivity contribution in [2.75, 3.05) is 24.8 Å². The second-order valence-electron chi connectivity index (χ2n) is 3.86. The van der Waals surface area contributed by atoms with E-state index in [-0.39, 0.29) is 17.7 Å². The van der Waals surface area contributed by atoms with Gasteiger partial charge in [0.1, 0.15) is 0 Å². The molecule has 90 valence electrons. The normalized spacial score (nSPS) is 21.5. The van der Waals surface area contributed by atoms with Gasteiger partial charge in [0.15, 0.2) is 0 Å². The van der Waals surface area contributed by atoms with Crippen LogP contribution in [0.3, 0.4) is 0 Å². The van der Waals surface area contributed by atoms with Gasteiger partial charge < -0.3 is 4.74 Å². The average molecular weight is 256 g/mol. The lowest BCUT2D eigenvalue weighted by atomic mass is 9.94. The number of alkyl halides is 1. The van der Waals surface area contributed by atoms with Gasteiger partial charge in [0.2, 0.25) is 10.0 Å². The van der Waals surface area contributed by atoms with Gasteiger partial charge in [0, 0.05) is 25.1 Å². The first-order chi connectivity index (χ1) is 7.05. The summed E-state index contributed by atoms with van der Waals surface area (Å²) < 4.78 is 30.8. The fraction of sp³-hybridized carbons (Fsp3) is 1.00. The van der Waals surface area contributed by atoms with Crippen LogP contribution in [0.25, 0.3) is 0 Å². The highest BCUT2D eigenvalue weighted by atomic mass is 35.5. The standard InChI is InChI=1S/C9H18ClNO3S/c1-8(9-2-5-14-6-3-9)11-15(12,13)7-4-10/h8-9,11H,2-7H2,1H3. The van der Waals surface area contributed by atoms with E-state index in [0.717, 1.165) is 26.1 Å². The molecule has 0 spiro atoms. The maximum atomic E-state index is 11.5. The first-order valence-electron chi connectivity index (χ1n) is 5.19. The Bertz CT molecular complexity index is 275. The first-order valence-corrected chi connectivity index (χ1v) is 7.37. The largest absolute Gasteiger partial charge is 0.381 e. The van der Waals surface area contributed by atoms with Crippen molar-refractivity contribution in [2.45, 2.75) is 25.8 Å². The SMILES string of the molecule is CC(NS(=O)(=O)CCCl)C1CCOCC1. The van der Waals surface area contributed by atoms with Crippen molar-refractivity contribution in [1.82, 2.24) is 4.72 Å². The highest BCUT2D eigenvalue weighted by molar-refractivity contribution is 7.89. The summed E-state index contributed by atoms with van der Waals surface area (Å²) >= 11 is 5.42. The number of ether oxygens (including phenoxy) is 1. The van der Waals surface area contributed by atoms with Crippen LogP contribution < -0.4 is 4.72 Å². The van der Waals surface area contributed by atoms with E-state index in [0.29, 0.717) is 5.92 Å². The molecule has 1 aliphatic rings. The second kappa shape index (κ2) is 6.03. The van der Waals surface area contributed by atoms with Crippen molar-refractivity contribution in [1.29, 1.82) is 0 Å². The first kappa shape index (κ1) is 13.2. The van der Waals surface area contributed by atoms with Crippen LogP contribution in [-0.4, -0.2) is 39.3 Å². The van der Waals surface area contributed by atoms with E-state index in [1.54, 1.807) is 0 Å². The predicted octanol–water partition coefficient (Wildman–Crippen LogP) is 0.960. The van der Waals surface area contributed by atoms with Crippen LogP contribution in [0.1, 0.15) is 19.8 Å². The molecule has 4 nitrogen and oxygen atoms in total. The number of rotatable bonds is 5. The van der Waals surface area contributed by atoms with Crippen LogP contribution in [-0.2, 0) is 14.8 Å². The molecule has 0 aromatic rings. The van der Waals surface area contributed by atoms with E-state index >= 15 is 0 Å². The van der Waals surface area contributed by atoms with Gasteiger partial charge >= 0.3 is 0 Å². The van der Waals surface area contributed by atoms with Crippen LogP contribution in [0.4, 0.5) is 0 Å². The lowest BCUT2D eigenvalue weighted by Gasteiger charge is -2.28. The van der Waals surface area contributed by atoms with Crippen LogP contribution in [0.2, 0.25) is 0 Å². The molecule has 0 aromatic carbocycles. The Morgan fingerprint density at radius 3 is 2.60 bits per heavy atom. The molecule has 1 rings (SSSR count). The minimum Gasteiger partial charge on any atom is -0.381 e. The fourth-order valence-electron chi connectivity index (χ4n) is 1.76. The highest BCUT2D eigenvalue weighted by Crippen LogP contribution is 2.18. The second-order valence-corrected chi connectivity index (χ2v) is 6.12. The number of hydrogen-bond donors (Lipinski definition) is 1. The van der Waals surface area contributed by atoms with Gasteiger partial charge in [-0.3, -0.25) is 0 Å². The molecule has 15 heavy (non-hydrogen) atoms. The molecule has 1 aliphatic heterocycles. The molecule has 0 bridgehead atoms. The van der Waals surface area contributed by atoms with E-state index in [4.69, 9.17) is 16.3 Å². The molecule has 1 N–H and O–H groups in total. The summed E-state index contributed by atoms with van der Waals surface area (Å²) in [5, 5.41) is 0.